The number of thiophene rings is 1. The van der Waals surface area contributed by atoms with Gasteiger partial charge in [-0.25, -0.2) is 0 Å². The zero-order valence-electron chi connectivity index (χ0n) is 9.29. The number of nitro groups is 1. The Kier molecular flexibility index (Phi) is 3.55. The smallest absolute Gasteiger partial charge is 0.269 e. The fourth-order valence-corrected chi connectivity index (χ4v) is 2.17. The zero-order valence-corrected chi connectivity index (χ0v) is 10.1. The predicted octanol–water partition coefficient (Wildman–Crippen LogP) is 3.14. The van der Waals surface area contributed by atoms with Crippen LogP contribution in [0.2, 0.25) is 0 Å². The fourth-order valence-electron chi connectivity index (χ4n) is 1.42. The minimum Gasteiger partial charge on any atom is -0.380 e. The van der Waals surface area contributed by atoms with Crippen molar-refractivity contribution in [3.8, 4) is 6.07 Å². The van der Waals surface area contributed by atoms with Crippen LogP contribution in [-0.4, -0.2) is 4.92 Å². The normalized spacial score (nSPS) is 9.72. The highest BCUT2D eigenvalue weighted by atomic mass is 32.1. The van der Waals surface area contributed by atoms with Gasteiger partial charge in [0.25, 0.3) is 5.69 Å². The van der Waals surface area contributed by atoms with Crippen LogP contribution in [-0.2, 0) is 6.54 Å². The molecule has 0 saturated heterocycles. The summed E-state index contributed by atoms with van der Waals surface area (Å²) < 4.78 is 0. The SMILES string of the molecule is N#Cc1ccc(CNc2ccc([N+](=O)[O-])cc2)s1. The molecule has 0 aliphatic rings. The van der Waals surface area contributed by atoms with Crippen molar-refractivity contribution in [3.05, 3.63) is 56.3 Å². The largest absolute Gasteiger partial charge is 0.380 e. The van der Waals surface area contributed by atoms with Crippen LogP contribution in [0.4, 0.5) is 11.4 Å². The molecular weight excluding hydrogens is 250 g/mol. The second-order valence-corrected chi connectivity index (χ2v) is 4.70. The van der Waals surface area contributed by atoms with Crippen LogP contribution >= 0.6 is 11.3 Å². The van der Waals surface area contributed by atoms with Crippen molar-refractivity contribution >= 4 is 22.7 Å². The van der Waals surface area contributed by atoms with Gasteiger partial charge < -0.3 is 5.32 Å². The van der Waals surface area contributed by atoms with Crippen molar-refractivity contribution in [2.24, 2.45) is 0 Å². The van der Waals surface area contributed by atoms with E-state index in [0.29, 0.717) is 11.4 Å². The van der Waals surface area contributed by atoms with Crippen LogP contribution in [0, 0.1) is 21.4 Å². The molecule has 2 rings (SSSR count). The van der Waals surface area contributed by atoms with Crippen molar-refractivity contribution in [2.45, 2.75) is 6.54 Å². The van der Waals surface area contributed by atoms with E-state index in [1.54, 1.807) is 18.2 Å². The molecule has 0 spiro atoms. The Morgan fingerprint density at radius 2 is 2.00 bits per heavy atom. The minimum atomic E-state index is -0.428. The van der Waals surface area contributed by atoms with E-state index in [1.807, 2.05) is 6.07 Å². The third-order valence-corrected chi connectivity index (χ3v) is 3.31. The molecule has 90 valence electrons. The second kappa shape index (κ2) is 5.29. The number of hydrogen-bond donors (Lipinski definition) is 1. The number of benzene rings is 1. The Labute approximate surface area is 107 Å². The maximum Gasteiger partial charge on any atom is 0.269 e. The predicted molar refractivity (Wildman–Crippen MR) is 69.5 cm³/mol. The highest BCUT2D eigenvalue weighted by Gasteiger charge is 2.04. The van der Waals surface area contributed by atoms with E-state index in [0.717, 1.165) is 10.6 Å². The summed E-state index contributed by atoms with van der Waals surface area (Å²) >= 11 is 1.43. The lowest BCUT2D eigenvalue weighted by atomic mass is 10.3. The van der Waals surface area contributed by atoms with Crippen molar-refractivity contribution in [2.75, 3.05) is 5.32 Å². The van der Waals surface area contributed by atoms with Crippen LogP contribution in [0.25, 0.3) is 0 Å². The van der Waals surface area contributed by atoms with Crippen molar-refractivity contribution in [1.29, 1.82) is 5.26 Å². The molecule has 0 bridgehead atoms. The number of hydrogen-bond acceptors (Lipinski definition) is 5. The van der Waals surface area contributed by atoms with E-state index in [1.165, 1.54) is 23.5 Å². The summed E-state index contributed by atoms with van der Waals surface area (Å²) in [6, 6.07) is 12.0. The molecule has 0 radical (unpaired) electrons. The van der Waals surface area contributed by atoms with Crippen LogP contribution in [0.5, 0.6) is 0 Å². The van der Waals surface area contributed by atoms with Gasteiger partial charge in [0.1, 0.15) is 10.9 Å². The standard InChI is InChI=1S/C12H9N3O2S/c13-7-11-5-6-12(18-11)8-14-9-1-3-10(4-2-9)15(16)17/h1-6,14H,8H2. The number of nitrogens with zero attached hydrogens (tertiary/aromatic N) is 2. The minimum absolute atomic E-state index is 0.0726. The molecule has 0 amide bonds. The Balaban J connectivity index is 1.98. The number of non-ortho nitro benzene ring substituents is 1. The number of anilines is 1. The van der Waals surface area contributed by atoms with Gasteiger partial charge in [-0.2, -0.15) is 5.26 Å². The van der Waals surface area contributed by atoms with Gasteiger partial charge in [-0.15, -0.1) is 11.3 Å². The Hall–Kier alpha value is -2.39. The summed E-state index contributed by atoms with van der Waals surface area (Å²) in [5, 5.41) is 22.3. The molecule has 5 nitrogen and oxygen atoms in total. The number of nitriles is 1. The fraction of sp³-hybridized carbons (Fsp3) is 0.0833. The zero-order chi connectivity index (χ0) is 13.0. The molecular formula is C12H9N3O2S. The van der Waals surface area contributed by atoms with E-state index in [-0.39, 0.29) is 5.69 Å². The quantitative estimate of drug-likeness (QED) is 0.675. The van der Waals surface area contributed by atoms with Gasteiger partial charge in [0.15, 0.2) is 0 Å². The van der Waals surface area contributed by atoms with Gasteiger partial charge in [0.05, 0.1) is 4.92 Å². The number of nitrogens with one attached hydrogen (secondary N) is 1. The monoisotopic (exact) mass is 259 g/mol. The van der Waals surface area contributed by atoms with E-state index >= 15 is 0 Å². The molecule has 2 aromatic rings. The third-order valence-electron chi connectivity index (χ3n) is 2.32. The molecule has 1 aromatic heterocycles. The molecule has 0 unspecified atom stereocenters. The van der Waals surface area contributed by atoms with E-state index < -0.39 is 4.92 Å². The average molecular weight is 259 g/mol. The van der Waals surface area contributed by atoms with Gasteiger partial charge in [-0.05, 0) is 24.3 Å². The van der Waals surface area contributed by atoms with Crippen LogP contribution < -0.4 is 5.32 Å². The molecule has 6 heteroatoms. The first-order valence-electron chi connectivity index (χ1n) is 5.16. The first-order chi connectivity index (χ1) is 8.69. The van der Waals surface area contributed by atoms with Crippen molar-refractivity contribution in [1.82, 2.24) is 0 Å². The molecule has 1 aromatic carbocycles. The van der Waals surface area contributed by atoms with Crippen LogP contribution in [0.1, 0.15) is 9.75 Å². The van der Waals surface area contributed by atoms with Gasteiger partial charge in [0.2, 0.25) is 0 Å². The van der Waals surface area contributed by atoms with E-state index in [9.17, 15) is 10.1 Å². The van der Waals surface area contributed by atoms with Crippen molar-refractivity contribution < 1.29 is 4.92 Å². The maximum absolute atomic E-state index is 10.5. The Morgan fingerprint density at radius 3 is 2.56 bits per heavy atom. The highest BCUT2D eigenvalue weighted by Crippen LogP contribution is 2.19. The summed E-state index contributed by atoms with van der Waals surface area (Å²) in [5.41, 5.74) is 0.885. The third kappa shape index (κ3) is 2.84. The van der Waals surface area contributed by atoms with Crippen molar-refractivity contribution in [3.63, 3.8) is 0 Å². The van der Waals surface area contributed by atoms with Crippen LogP contribution in [0.15, 0.2) is 36.4 Å². The second-order valence-electron chi connectivity index (χ2n) is 3.54. The first-order valence-corrected chi connectivity index (χ1v) is 5.98. The molecule has 18 heavy (non-hydrogen) atoms. The molecule has 1 N–H and O–H groups in total. The molecule has 0 aliphatic carbocycles. The van der Waals surface area contributed by atoms with E-state index in [2.05, 4.69) is 11.4 Å². The van der Waals surface area contributed by atoms with Gasteiger partial charge >= 0.3 is 0 Å². The number of nitro benzene ring substituents is 1. The Morgan fingerprint density at radius 1 is 1.28 bits per heavy atom. The summed E-state index contributed by atoms with van der Waals surface area (Å²) in [6.45, 7) is 0.601. The lowest BCUT2D eigenvalue weighted by Gasteiger charge is -2.03. The van der Waals surface area contributed by atoms with Gasteiger partial charge in [0, 0.05) is 29.2 Å². The van der Waals surface area contributed by atoms with Gasteiger partial charge in [-0.3, -0.25) is 10.1 Å². The Bertz CT molecular complexity index is 599. The summed E-state index contributed by atoms with van der Waals surface area (Å²) in [4.78, 5) is 11.8. The lowest BCUT2D eigenvalue weighted by Crippen LogP contribution is -1.97. The highest BCUT2D eigenvalue weighted by molar-refractivity contribution is 7.12. The lowest BCUT2D eigenvalue weighted by molar-refractivity contribution is -0.384. The first kappa shape index (κ1) is 12.1. The van der Waals surface area contributed by atoms with Gasteiger partial charge in [-0.1, -0.05) is 0 Å². The number of rotatable bonds is 4. The van der Waals surface area contributed by atoms with E-state index in [4.69, 9.17) is 5.26 Å². The molecule has 0 atom stereocenters. The summed E-state index contributed by atoms with van der Waals surface area (Å²) in [5.74, 6) is 0. The summed E-state index contributed by atoms with van der Waals surface area (Å²) in [7, 11) is 0. The molecule has 0 fully saturated rings. The molecule has 0 saturated carbocycles. The van der Waals surface area contributed by atoms with Crippen LogP contribution in [0.3, 0.4) is 0 Å². The summed E-state index contributed by atoms with van der Waals surface area (Å²) in [6.07, 6.45) is 0. The average Bonchev–Trinajstić information content (AvgIpc) is 2.85. The maximum atomic E-state index is 10.5. The molecule has 0 aliphatic heterocycles. The topological polar surface area (TPSA) is 79.0 Å². The molecule has 1 heterocycles.